The van der Waals surface area contributed by atoms with E-state index in [2.05, 4.69) is 20.4 Å². The maximum atomic E-state index is 13.0. The molecular weight excluding hydrogens is 364 g/mol. The Hall–Kier alpha value is -3.15. The van der Waals surface area contributed by atoms with Crippen molar-refractivity contribution in [3.05, 3.63) is 76.7 Å². The van der Waals surface area contributed by atoms with E-state index in [1.54, 1.807) is 0 Å². The molecule has 2 heterocycles. The Morgan fingerprint density at radius 1 is 1.00 bits per heavy atom. The van der Waals surface area contributed by atoms with Gasteiger partial charge in [-0.1, -0.05) is 41.5 Å². The third-order valence-corrected chi connectivity index (χ3v) is 5.48. The number of nitrogens with one attached hydrogen (secondary N) is 1. The molecule has 0 saturated carbocycles. The summed E-state index contributed by atoms with van der Waals surface area (Å²) in [6.45, 7) is 5.88. The van der Waals surface area contributed by atoms with E-state index in [-0.39, 0.29) is 5.91 Å². The van der Waals surface area contributed by atoms with Gasteiger partial charge in [-0.2, -0.15) is 0 Å². The molecule has 2 aromatic carbocycles. The van der Waals surface area contributed by atoms with E-state index in [0.717, 1.165) is 42.6 Å². The lowest BCUT2D eigenvalue weighted by atomic mass is 10.0. The van der Waals surface area contributed by atoms with Crippen LogP contribution in [0.3, 0.4) is 0 Å². The summed E-state index contributed by atoms with van der Waals surface area (Å²) in [5, 5.41) is 11.6. The number of nitrogens with zero attached hydrogens (tertiary/aromatic N) is 3. The largest absolute Gasteiger partial charge is 0.405 e. The summed E-state index contributed by atoms with van der Waals surface area (Å²) in [6.07, 6.45) is 3.49. The van der Waals surface area contributed by atoms with Gasteiger partial charge < -0.3 is 14.6 Å². The minimum atomic E-state index is -0.503. The molecule has 6 nitrogen and oxygen atoms in total. The number of aryl methyl sites for hydroxylation is 2. The highest BCUT2D eigenvalue weighted by molar-refractivity contribution is 5.94. The number of anilines is 1. The second kappa shape index (κ2) is 8.47. The van der Waals surface area contributed by atoms with Crippen molar-refractivity contribution < 1.29 is 9.21 Å². The molecule has 1 aliphatic rings. The van der Waals surface area contributed by atoms with Crippen molar-refractivity contribution in [2.75, 3.05) is 18.0 Å². The van der Waals surface area contributed by atoms with Crippen LogP contribution in [0.4, 0.5) is 6.01 Å². The van der Waals surface area contributed by atoms with Crippen LogP contribution >= 0.6 is 0 Å². The molecular formula is C23H26N4O2. The topological polar surface area (TPSA) is 71.3 Å². The predicted molar refractivity (Wildman–Crippen MR) is 112 cm³/mol. The lowest BCUT2D eigenvalue weighted by Crippen LogP contribution is -2.30. The highest BCUT2D eigenvalue weighted by Crippen LogP contribution is 2.26. The molecule has 3 aromatic rings. The van der Waals surface area contributed by atoms with Crippen molar-refractivity contribution in [1.29, 1.82) is 0 Å². The average Bonchev–Trinajstić information content (AvgIpc) is 3.25. The van der Waals surface area contributed by atoms with Gasteiger partial charge in [-0.15, -0.1) is 5.10 Å². The molecule has 1 aromatic heterocycles. The number of rotatable bonds is 5. The molecule has 0 spiro atoms. The molecule has 0 unspecified atom stereocenters. The van der Waals surface area contributed by atoms with Gasteiger partial charge in [0.05, 0.1) is 0 Å². The van der Waals surface area contributed by atoms with Crippen LogP contribution in [0.25, 0.3) is 0 Å². The Bertz CT molecular complexity index is 978. The first-order valence-electron chi connectivity index (χ1n) is 10.1. The Morgan fingerprint density at radius 3 is 2.48 bits per heavy atom. The molecule has 1 fully saturated rings. The van der Waals surface area contributed by atoms with Gasteiger partial charge >= 0.3 is 6.01 Å². The van der Waals surface area contributed by atoms with E-state index in [1.807, 2.05) is 62.4 Å². The van der Waals surface area contributed by atoms with Gasteiger partial charge in [-0.3, -0.25) is 4.79 Å². The Labute approximate surface area is 170 Å². The SMILES string of the molecule is Cc1ccc(C(=O)N[C@H](c2ccccc2)c2nnc(N3CCCCC3)o2)cc1C. The molecule has 0 bridgehead atoms. The van der Waals surface area contributed by atoms with Gasteiger partial charge in [0.1, 0.15) is 6.04 Å². The van der Waals surface area contributed by atoms with Crippen molar-refractivity contribution in [3.63, 3.8) is 0 Å². The number of carbonyl (C=O) groups excluding carboxylic acids is 1. The van der Waals surface area contributed by atoms with Crippen LogP contribution in [0.2, 0.25) is 0 Å². The molecule has 1 saturated heterocycles. The van der Waals surface area contributed by atoms with Crippen molar-refractivity contribution in [3.8, 4) is 0 Å². The van der Waals surface area contributed by atoms with E-state index in [4.69, 9.17) is 4.42 Å². The molecule has 4 rings (SSSR count). The number of piperidine rings is 1. The minimum Gasteiger partial charge on any atom is -0.405 e. The summed E-state index contributed by atoms with van der Waals surface area (Å²) in [7, 11) is 0. The van der Waals surface area contributed by atoms with Crippen LogP contribution in [-0.4, -0.2) is 29.2 Å². The standard InChI is InChI=1S/C23H26N4O2/c1-16-11-12-19(15-17(16)2)21(28)24-20(18-9-5-3-6-10-18)22-25-26-23(29-22)27-13-7-4-8-14-27/h3,5-6,9-12,15,20H,4,7-8,13-14H2,1-2H3,(H,24,28)/t20-/m1/s1. The monoisotopic (exact) mass is 390 g/mol. The fourth-order valence-electron chi connectivity index (χ4n) is 3.59. The predicted octanol–water partition coefficient (Wildman–Crippen LogP) is 4.20. The highest BCUT2D eigenvalue weighted by Gasteiger charge is 2.25. The fraction of sp³-hybridized carbons (Fsp3) is 0.348. The van der Waals surface area contributed by atoms with E-state index < -0.39 is 6.04 Å². The van der Waals surface area contributed by atoms with Crippen molar-refractivity contribution in [1.82, 2.24) is 15.5 Å². The third kappa shape index (κ3) is 4.31. The van der Waals surface area contributed by atoms with Crippen molar-refractivity contribution >= 4 is 11.9 Å². The summed E-state index contributed by atoms with van der Waals surface area (Å²) in [5.74, 6) is 0.230. The third-order valence-electron chi connectivity index (χ3n) is 5.48. The fourth-order valence-corrected chi connectivity index (χ4v) is 3.59. The van der Waals surface area contributed by atoms with Crippen LogP contribution in [0.5, 0.6) is 0 Å². The molecule has 29 heavy (non-hydrogen) atoms. The first-order chi connectivity index (χ1) is 14.1. The number of amides is 1. The van der Waals surface area contributed by atoms with E-state index in [9.17, 15) is 4.79 Å². The van der Waals surface area contributed by atoms with Gasteiger partial charge in [0, 0.05) is 18.7 Å². The maximum Gasteiger partial charge on any atom is 0.318 e. The molecule has 1 aliphatic heterocycles. The molecule has 0 radical (unpaired) electrons. The molecule has 150 valence electrons. The van der Waals surface area contributed by atoms with Crippen LogP contribution in [-0.2, 0) is 0 Å². The van der Waals surface area contributed by atoms with Crippen LogP contribution in [0.15, 0.2) is 52.9 Å². The first kappa shape index (κ1) is 19.2. The zero-order chi connectivity index (χ0) is 20.2. The highest BCUT2D eigenvalue weighted by atomic mass is 16.4. The quantitative estimate of drug-likeness (QED) is 0.707. The van der Waals surface area contributed by atoms with E-state index in [0.29, 0.717) is 17.5 Å². The van der Waals surface area contributed by atoms with Gasteiger partial charge in [0.2, 0.25) is 5.89 Å². The van der Waals surface area contributed by atoms with Crippen LogP contribution in [0, 0.1) is 13.8 Å². The number of carbonyl (C=O) groups is 1. The second-order valence-electron chi connectivity index (χ2n) is 7.59. The summed E-state index contributed by atoms with van der Waals surface area (Å²) < 4.78 is 6.01. The van der Waals surface area contributed by atoms with Gasteiger partial charge in [0.15, 0.2) is 0 Å². The minimum absolute atomic E-state index is 0.167. The Kier molecular flexibility index (Phi) is 5.60. The Morgan fingerprint density at radius 2 is 1.76 bits per heavy atom. The number of benzene rings is 2. The van der Waals surface area contributed by atoms with Gasteiger partial charge in [-0.25, -0.2) is 0 Å². The first-order valence-corrected chi connectivity index (χ1v) is 10.1. The van der Waals surface area contributed by atoms with Crippen LogP contribution < -0.4 is 10.2 Å². The smallest absolute Gasteiger partial charge is 0.318 e. The van der Waals surface area contributed by atoms with Crippen molar-refractivity contribution in [2.24, 2.45) is 0 Å². The summed E-state index contributed by atoms with van der Waals surface area (Å²) in [5.41, 5.74) is 3.76. The van der Waals surface area contributed by atoms with E-state index in [1.165, 1.54) is 6.42 Å². The normalized spacial score (nSPS) is 15.2. The Balaban J connectivity index is 1.61. The van der Waals surface area contributed by atoms with Gasteiger partial charge in [-0.05, 0) is 61.9 Å². The number of hydrogen-bond donors (Lipinski definition) is 1. The average molecular weight is 390 g/mol. The lowest BCUT2D eigenvalue weighted by Gasteiger charge is -2.24. The molecule has 0 aliphatic carbocycles. The number of aromatic nitrogens is 2. The zero-order valence-electron chi connectivity index (χ0n) is 16.9. The van der Waals surface area contributed by atoms with Gasteiger partial charge in [0.25, 0.3) is 5.91 Å². The van der Waals surface area contributed by atoms with E-state index >= 15 is 0 Å². The summed E-state index contributed by atoms with van der Waals surface area (Å²) >= 11 is 0. The summed E-state index contributed by atoms with van der Waals surface area (Å²) in [4.78, 5) is 15.1. The van der Waals surface area contributed by atoms with Crippen molar-refractivity contribution in [2.45, 2.75) is 39.2 Å². The molecule has 6 heteroatoms. The maximum absolute atomic E-state index is 13.0. The van der Waals surface area contributed by atoms with Crippen LogP contribution in [0.1, 0.15) is 58.2 Å². The summed E-state index contributed by atoms with van der Waals surface area (Å²) in [6, 6.07) is 15.5. The number of hydrogen-bond acceptors (Lipinski definition) is 5. The second-order valence-corrected chi connectivity index (χ2v) is 7.59. The zero-order valence-corrected chi connectivity index (χ0v) is 16.9. The molecule has 1 atom stereocenters. The lowest BCUT2D eigenvalue weighted by molar-refractivity contribution is 0.0938. The molecule has 1 amide bonds. The molecule has 1 N–H and O–H groups in total.